The van der Waals surface area contributed by atoms with Gasteiger partial charge in [0.1, 0.15) is 12.4 Å². The number of nitrogens with two attached hydrogens (primary N) is 1. The van der Waals surface area contributed by atoms with Gasteiger partial charge in [0, 0.05) is 5.69 Å². The summed E-state index contributed by atoms with van der Waals surface area (Å²) in [6.07, 6.45) is 5.34. The number of nitrogen functional groups attached to an aromatic ring is 1. The molecule has 1 aliphatic rings. The third-order valence-corrected chi connectivity index (χ3v) is 2.95. The van der Waals surface area contributed by atoms with E-state index in [-0.39, 0.29) is 0 Å². The first kappa shape index (κ1) is 9.39. The summed E-state index contributed by atoms with van der Waals surface area (Å²) >= 11 is 0. The van der Waals surface area contributed by atoms with Crippen molar-refractivity contribution in [3.05, 3.63) is 24.5 Å². The number of fused-ring (bicyclic) bond motifs is 1. The first-order chi connectivity index (χ1) is 7.83. The predicted molar refractivity (Wildman–Crippen MR) is 62.2 cm³/mol. The average Bonchev–Trinajstić information content (AvgIpc) is 2.23. The van der Waals surface area contributed by atoms with Gasteiger partial charge in [-0.05, 0) is 37.5 Å². The molecule has 2 aromatic rings. The van der Waals surface area contributed by atoms with E-state index in [9.17, 15) is 0 Å². The molecule has 1 fully saturated rings. The molecule has 1 aromatic carbocycles. The Morgan fingerprint density at radius 3 is 2.88 bits per heavy atom. The summed E-state index contributed by atoms with van der Waals surface area (Å²) in [6.45, 7) is 0. The van der Waals surface area contributed by atoms with Gasteiger partial charge < -0.3 is 10.5 Å². The second-order valence-corrected chi connectivity index (χ2v) is 4.13. The van der Waals surface area contributed by atoms with E-state index in [1.165, 1.54) is 12.7 Å². The zero-order valence-corrected chi connectivity index (χ0v) is 8.89. The Bertz CT molecular complexity index is 523. The summed E-state index contributed by atoms with van der Waals surface area (Å²) in [6, 6.07) is 5.59. The zero-order valence-electron chi connectivity index (χ0n) is 8.89. The van der Waals surface area contributed by atoms with Crippen molar-refractivity contribution < 1.29 is 4.74 Å². The fraction of sp³-hybridized carbons (Fsp3) is 0.333. The summed E-state index contributed by atoms with van der Waals surface area (Å²) in [5.41, 5.74) is 7.34. The molecule has 1 aromatic heterocycles. The molecule has 0 aliphatic heterocycles. The van der Waals surface area contributed by atoms with Gasteiger partial charge in [-0.25, -0.2) is 9.97 Å². The molecule has 0 radical (unpaired) electrons. The molecule has 0 spiro atoms. The van der Waals surface area contributed by atoms with Crippen LogP contribution in [0.5, 0.6) is 5.88 Å². The van der Waals surface area contributed by atoms with Gasteiger partial charge in [-0.15, -0.1) is 0 Å². The van der Waals surface area contributed by atoms with Crippen LogP contribution in [0.3, 0.4) is 0 Å². The topological polar surface area (TPSA) is 61.0 Å². The van der Waals surface area contributed by atoms with E-state index in [4.69, 9.17) is 10.5 Å². The minimum atomic E-state index is 0.319. The van der Waals surface area contributed by atoms with E-state index >= 15 is 0 Å². The Balaban J connectivity index is 2.04. The quantitative estimate of drug-likeness (QED) is 0.780. The Labute approximate surface area is 93.5 Å². The Hall–Kier alpha value is -1.84. The molecular weight excluding hydrogens is 202 g/mol. The summed E-state index contributed by atoms with van der Waals surface area (Å²) in [5, 5.41) is 0.898. The smallest absolute Gasteiger partial charge is 0.224 e. The molecule has 0 saturated heterocycles. The van der Waals surface area contributed by atoms with Crippen molar-refractivity contribution in [1.29, 1.82) is 0 Å². The Kier molecular flexibility index (Phi) is 2.13. The fourth-order valence-corrected chi connectivity index (χ4v) is 1.79. The fourth-order valence-electron chi connectivity index (χ4n) is 1.79. The lowest BCUT2D eigenvalue weighted by atomic mass is 9.96. The van der Waals surface area contributed by atoms with Crippen molar-refractivity contribution in [3.8, 4) is 5.88 Å². The molecule has 1 saturated carbocycles. The van der Waals surface area contributed by atoms with Crippen molar-refractivity contribution in [2.24, 2.45) is 0 Å². The molecule has 4 nitrogen and oxygen atoms in total. The van der Waals surface area contributed by atoms with E-state index in [0.29, 0.717) is 17.7 Å². The van der Waals surface area contributed by atoms with Gasteiger partial charge in [0.25, 0.3) is 0 Å². The second-order valence-electron chi connectivity index (χ2n) is 4.13. The van der Waals surface area contributed by atoms with Crippen molar-refractivity contribution in [2.45, 2.75) is 25.4 Å². The van der Waals surface area contributed by atoms with Crippen LogP contribution in [0.2, 0.25) is 0 Å². The van der Waals surface area contributed by atoms with E-state index in [0.717, 1.165) is 23.7 Å². The number of hydrogen-bond acceptors (Lipinski definition) is 4. The molecule has 0 unspecified atom stereocenters. The number of rotatable bonds is 2. The summed E-state index contributed by atoms with van der Waals surface area (Å²) in [4.78, 5) is 8.37. The minimum Gasteiger partial charge on any atom is -0.474 e. The van der Waals surface area contributed by atoms with Gasteiger partial charge in [0.05, 0.1) is 10.9 Å². The summed E-state index contributed by atoms with van der Waals surface area (Å²) in [5.74, 6) is 0.655. The molecule has 0 atom stereocenters. The minimum absolute atomic E-state index is 0.319. The maximum absolute atomic E-state index is 5.81. The van der Waals surface area contributed by atoms with Gasteiger partial charge in [-0.3, -0.25) is 0 Å². The molecule has 0 bridgehead atoms. The van der Waals surface area contributed by atoms with E-state index in [2.05, 4.69) is 9.97 Å². The predicted octanol–water partition coefficient (Wildman–Crippen LogP) is 2.14. The van der Waals surface area contributed by atoms with Gasteiger partial charge in [-0.1, -0.05) is 0 Å². The van der Waals surface area contributed by atoms with Crippen molar-refractivity contribution in [3.63, 3.8) is 0 Å². The third-order valence-electron chi connectivity index (χ3n) is 2.95. The molecule has 1 heterocycles. The lowest BCUT2D eigenvalue weighted by molar-refractivity contribution is 0.116. The van der Waals surface area contributed by atoms with Gasteiger partial charge in [0.15, 0.2) is 0 Å². The van der Waals surface area contributed by atoms with E-state index < -0.39 is 0 Å². The van der Waals surface area contributed by atoms with Crippen molar-refractivity contribution in [2.75, 3.05) is 5.73 Å². The van der Waals surface area contributed by atoms with E-state index in [1.807, 2.05) is 18.2 Å². The first-order valence-electron chi connectivity index (χ1n) is 5.50. The summed E-state index contributed by atoms with van der Waals surface area (Å²) in [7, 11) is 0. The maximum Gasteiger partial charge on any atom is 0.224 e. The molecule has 3 rings (SSSR count). The van der Waals surface area contributed by atoms with Crippen LogP contribution < -0.4 is 10.5 Å². The van der Waals surface area contributed by atoms with Crippen LogP contribution in [-0.4, -0.2) is 16.1 Å². The van der Waals surface area contributed by atoms with Crippen LogP contribution in [0.1, 0.15) is 19.3 Å². The highest BCUT2D eigenvalue weighted by atomic mass is 16.5. The number of hydrogen-bond donors (Lipinski definition) is 1. The van der Waals surface area contributed by atoms with Crippen LogP contribution in [0.4, 0.5) is 5.69 Å². The molecule has 0 amide bonds. The maximum atomic E-state index is 5.81. The van der Waals surface area contributed by atoms with Crippen molar-refractivity contribution in [1.82, 2.24) is 9.97 Å². The largest absolute Gasteiger partial charge is 0.474 e. The SMILES string of the molecule is Nc1ccc2ncnc(OC3CCC3)c2c1. The Morgan fingerprint density at radius 1 is 1.25 bits per heavy atom. The van der Waals surface area contributed by atoms with Crippen LogP contribution >= 0.6 is 0 Å². The highest BCUT2D eigenvalue weighted by Gasteiger charge is 2.20. The molecular formula is C12H13N3O. The van der Waals surface area contributed by atoms with Crippen LogP contribution in [-0.2, 0) is 0 Å². The van der Waals surface area contributed by atoms with Crippen LogP contribution in [0.25, 0.3) is 10.9 Å². The van der Waals surface area contributed by atoms with Crippen molar-refractivity contribution >= 4 is 16.6 Å². The third kappa shape index (κ3) is 1.56. The van der Waals surface area contributed by atoms with Gasteiger partial charge in [0.2, 0.25) is 5.88 Å². The zero-order chi connectivity index (χ0) is 11.0. The molecule has 2 N–H and O–H groups in total. The second kappa shape index (κ2) is 3.63. The lowest BCUT2D eigenvalue weighted by Gasteiger charge is -2.26. The highest BCUT2D eigenvalue weighted by molar-refractivity contribution is 5.86. The lowest BCUT2D eigenvalue weighted by Crippen LogP contribution is -2.25. The molecule has 16 heavy (non-hydrogen) atoms. The summed E-state index contributed by atoms with van der Waals surface area (Å²) < 4.78 is 5.81. The monoisotopic (exact) mass is 215 g/mol. The van der Waals surface area contributed by atoms with Gasteiger partial charge in [-0.2, -0.15) is 0 Å². The Morgan fingerprint density at radius 2 is 2.12 bits per heavy atom. The number of aromatic nitrogens is 2. The van der Waals surface area contributed by atoms with Crippen LogP contribution in [0.15, 0.2) is 24.5 Å². The number of anilines is 1. The standard InChI is InChI=1S/C12H13N3O/c13-8-4-5-11-10(6-8)12(15-7-14-11)16-9-2-1-3-9/h4-7,9H,1-3,13H2. The first-order valence-corrected chi connectivity index (χ1v) is 5.50. The normalized spacial score (nSPS) is 16.0. The number of ether oxygens (including phenoxy) is 1. The molecule has 4 heteroatoms. The average molecular weight is 215 g/mol. The molecule has 82 valence electrons. The van der Waals surface area contributed by atoms with Crippen LogP contribution in [0, 0.1) is 0 Å². The van der Waals surface area contributed by atoms with E-state index in [1.54, 1.807) is 0 Å². The van der Waals surface area contributed by atoms with Gasteiger partial charge >= 0.3 is 0 Å². The number of nitrogens with zero attached hydrogens (tertiary/aromatic N) is 2. The number of benzene rings is 1. The molecule has 1 aliphatic carbocycles. The highest BCUT2D eigenvalue weighted by Crippen LogP contribution is 2.29.